The number of aromatic amines is 1. The van der Waals surface area contributed by atoms with E-state index in [-0.39, 0.29) is 11.6 Å². The van der Waals surface area contributed by atoms with Crippen LogP contribution < -0.4 is 0 Å². The number of rotatable bonds is 4. The maximum atomic E-state index is 12.2. The zero-order chi connectivity index (χ0) is 13.3. The highest BCUT2D eigenvalue weighted by Crippen LogP contribution is 2.17. The zero-order valence-electron chi connectivity index (χ0n) is 10.5. The van der Waals surface area contributed by atoms with Crippen molar-refractivity contribution in [2.24, 2.45) is 0 Å². The summed E-state index contributed by atoms with van der Waals surface area (Å²) in [7, 11) is -2.01. The first-order valence-corrected chi connectivity index (χ1v) is 6.86. The van der Waals surface area contributed by atoms with Gasteiger partial charge < -0.3 is 9.40 Å². The summed E-state index contributed by atoms with van der Waals surface area (Å²) in [6, 6.07) is 1.76. The molecule has 0 aliphatic carbocycles. The van der Waals surface area contributed by atoms with Gasteiger partial charge in [-0.05, 0) is 19.9 Å². The normalized spacial score (nSPS) is 12.2. The molecular weight excluding hydrogens is 254 g/mol. The molecular formula is C11H15N3O3S. The van der Waals surface area contributed by atoms with Crippen molar-refractivity contribution >= 4 is 10.0 Å². The minimum atomic E-state index is -3.54. The first kappa shape index (κ1) is 12.8. The number of hydrogen-bond donors (Lipinski definition) is 1. The Morgan fingerprint density at radius 3 is 2.67 bits per heavy atom. The van der Waals surface area contributed by atoms with Gasteiger partial charge in [-0.1, -0.05) is 0 Å². The molecule has 2 heterocycles. The van der Waals surface area contributed by atoms with Gasteiger partial charge in [-0.15, -0.1) is 0 Å². The van der Waals surface area contributed by atoms with Crippen molar-refractivity contribution in [3.8, 4) is 0 Å². The van der Waals surface area contributed by atoms with Gasteiger partial charge in [-0.25, -0.2) is 13.4 Å². The quantitative estimate of drug-likeness (QED) is 0.910. The Morgan fingerprint density at radius 2 is 2.17 bits per heavy atom. The van der Waals surface area contributed by atoms with Crippen molar-refractivity contribution in [1.29, 1.82) is 0 Å². The molecule has 0 spiro atoms. The van der Waals surface area contributed by atoms with Crippen LogP contribution in [-0.2, 0) is 16.6 Å². The third-order valence-electron chi connectivity index (χ3n) is 2.73. The number of sulfonamides is 1. The van der Waals surface area contributed by atoms with Crippen LogP contribution in [0.5, 0.6) is 0 Å². The zero-order valence-corrected chi connectivity index (χ0v) is 11.3. The molecule has 18 heavy (non-hydrogen) atoms. The molecule has 2 aromatic rings. The summed E-state index contributed by atoms with van der Waals surface area (Å²) >= 11 is 0. The highest BCUT2D eigenvalue weighted by molar-refractivity contribution is 7.89. The SMILES string of the molecule is Cc1ncc(S(=O)(=O)N(C)Cc2ccoc2C)[nH]1. The van der Waals surface area contributed by atoms with Crippen molar-refractivity contribution < 1.29 is 12.8 Å². The summed E-state index contributed by atoms with van der Waals surface area (Å²) in [5.41, 5.74) is 0.845. The number of imidazole rings is 1. The minimum absolute atomic E-state index is 0.101. The molecule has 6 nitrogen and oxygen atoms in total. The maximum absolute atomic E-state index is 12.2. The van der Waals surface area contributed by atoms with E-state index in [2.05, 4.69) is 9.97 Å². The Bertz CT molecular complexity index is 642. The van der Waals surface area contributed by atoms with Gasteiger partial charge >= 0.3 is 0 Å². The molecule has 0 bridgehead atoms. The lowest BCUT2D eigenvalue weighted by atomic mass is 10.3. The van der Waals surface area contributed by atoms with Crippen molar-refractivity contribution in [3.63, 3.8) is 0 Å². The van der Waals surface area contributed by atoms with Crippen LogP contribution in [-0.4, -0.2) is 29.7 Å². The Kier molecular flexibility index (Phi) is 3.27. The summed E-state index contributed by atoms with van der Waals surface area (Å²) < 4.78 is 30.8. The monoisotopic (exact) mass is 269 g/mol. The van der Waals surface area contributed by atoms with E-state index in [1.54, 1.807) is 26.2 Å². The van der Waals surface area contributed by atoms with E-state index in [0.29, 0.717) is 5.82 Å². The third kappa shape index (κ3) is 2.32. The Morgan fingerprint density at radius 1 is 1.44 bits per heavy atom. The van der Waals surface area contributed by atoms with Gasteiger partial charge in [-0.3, -0.25) is 0 Å². The van der Waals surface area contributed by atoms with Gasteiger partial charge in [0.05, 0.1) is 12.5 Å². The molecule has 98 valence electrons. The fourth-order valence-electron chi connectivity index (χ4n) is 1.60. The lowest BCUT2D eigenvalue weighted by molar-refractivity contribution is 0.456. The number of furan rings is 1. The predicted molar refractivity (Wildman–Crippen MR) is 65.4 cm³/mol. The average Bonchev–Trinajstić information content (AvgIpc) is 2.89. The largest absolute Gasteiger partial charge is 0.469 e. The van der Waals surface area contributed by atoms with Gasteiger partial charge in [0.1, 0.15) is 11.6 Å². The van der Waals surface area contributed by atoms with E-state index in [4.69, 9.17) is 4.42 Å². The molecule has 0 aliphatic heterocycles. The smallest absolute Gasteiger partial charge is 0.260 e. The number of aryl methyl sites for hydroxylation is 2. The second kappa shape index (κ2) is 4.58. The molecule has 0 aliphatic rings. The van der Waals surface area contributed by atoms with E-state index < -0.39 is 10.0 Å². The van der Waals surface area contributed by atoms with E-state index in [1.165, 1.54) is 17.5 Å². The molecule has 0 radical (unpaired) electrons. The van der Waals surface area contributed by atoms with Crippen LogP contribution in [0.3, 0.4) is 0 Å². The van der Waals surface area contributed by atoms with E-state index in [9.17, 15) is 8.42 Å². The Hall–Kier alpha value is -1.60. The minimum Gasteiger partial charge on any atom is -0.469 e. The summed E-state index contributed by atoms with van der Waals surface area (Å²) in [6.45, 7) is 3.78. The fourth-order valence-corrected chi connectivity index (χ4v) is 2.70. The number of nitrogens with zero attached hydrogens (tertiary/aromatic N) is 2. The van der Waals surface area contributed by atoms with Crippen LogP contribution in [0.4, 0.5) is 0 Å². The molecule has 0 atom stereocenters. The van der Waals surface area contributed by atoms with Crippen LogP contribution in [0.2, 0.25) is 0 Å². The summed E-state index contributed by atoms with van der Waals surface area (Å²) in [5, 5.41) is 0.101. The summed E-state index contributed by atoms with van der Waals surface area (Å²) in [5.74, 6) is 1.29. The average molecular weight is 269 g/mol. The molecule has 2 aromatic heterocycles. The fraction of sp³-hybridized carbons (Fsp3) is 0.364. The van der Waals surface area contributed by atoms with Crippen molar-refractivity contribution in [2.75, 3.05) is 7.05 Å². The Labute approximate surface area is 106 Å². The molecule has 2 rings (SSSR count). The van der Waals surface area contributed by atoms with Gasteiger partial charge in [0.25, 0.3) is 10.0 Å². The third-order valence-corrected chi connectivity index (χ3v) is 4.44. The highest BCUT2D eigenvalue weighted by Gasteiger charge is 2.23. The molecule has 0 amide bonds. The van der Waals surface area contributed by atoms with Crippen LogP contribution in [0, 0.1) is 13.8 Å². The maximum Gasteiger partial charge on any atom is 0.260 e. The van der Waals surface area contributed by atoms with E-state index in [1.807, 2.05) is 0 Å². The highest BCUT2D eigenvalue weighted by atomic mass is 32.2. The first-order chi connectivity index (χ1) is 8.41. The van der Waals surface area contributed by atoms with Gasteiger partial charge in [0.2, 0.25) is 0 Å². The molecule has 7 heteroatoms. The van der Waals surface area contributed by atoms with E-state index >= 15 is 0 Å². The number of H-pyrrole nitrogens is 1. The topological polar surface area (TPSA) is 79.2 Å². The standard InChI is InChI=1S/C11H15N3O3S/c1-8-10(4-5-17-8)7-14(3)18(15,16)11-6-12-9(2)13-11/h4-6H,7H2,1-3H3,(H,12,13). The number of nitrogens with one attached hydrogen (secondary N) is 1. The van der Waals surface area contributed by atoms with Gasteiger partial charge in [0.15, 0.2) is 5.03 Å². The lowest BCUT2D eigenvalue weighted by Crippen LogP contribution is -2.26. The second-order valence-corrected chi connectivity index (χ2v) is 6.11. The molecule has 0 aromatic carbocycles. The lowest BCUT2D eigenvalue weighted by Gasteiger charge is -2.15. The molecule has 0 saturated carbocycles. The summed E-state index contributed by atoms with van der Waals surface area (Å²) in [6.07, 6.45) is 2.87. The molecule has 1 N–H and O–H groups in total. The van der Waals surface area contributed by atoms with Crippen molar-refractivity contribution in [2.45, 2.75) is 25.4 Å². The van der Waals surface area contributed by atoms with Crippen LogP contribution >= 0.6 is 0 Å². The molecule has 0 fully saturated rings. The second-order valence-electron chi connectivity index (χ2n) is 4.10. The molecule has 0 saturated heterocycles. The van der Waals surface area contributed by atoms with Gasteiger partial charge in [0, 0.05) is 19.2 Å². The van der Waals surface area contributed by atoms with Crippen molar-refractivity contribution in [3.05, 3.63) is 35.7 Å². The number of hydrogen-bond acceptors (Lipinski definition) is 4. The van der Waals surface area contributed by atoms with Crippen LogP contribution in [0.1, 0.15) is 17.1 Å². The van der Waals surface area contributed by atoms with Crippen LogP contribution in [0.25, 0.3) is 0 Å². The Balaban J connectivity index is 2.23. The number of aromatic nitrogens is 2. The van der Waals surface area contributed by atoms with Gasteiger partial charge in [-0.2, -0.15) is 4.31 Å². The van der Waals surface area contributed by atoms with Crippen molar-refractivity contribution in [1.82, 2.24) is 14.3 Å². The molecule has 0 unspecified atom stereocenters. The van der Waals surface area contributed by atoms with Crippen LogP contribution in [0.15, 0.2) is 28.0 Å². The van der Waals surface area contributed by atoms with E-state index in [0.717, 1.165) is 11.3 Å². The summed E-state index contributed by atoms with van der Waals surface area (Å²) in [4.78, 5) is 6.63. The predicted octanol–water partition coefficient (Wildman–Crippen LogP) is 1.44. The first-order valence-electron chi connectivity index (χ1n) is 5.42.